The zero-order chi connectivity index (χ0) is 27.7. The lowest BCUT2D eigenvalue weighted by Crippen LogP contribution is -2.27. The Bertz CT molecular complexity index is 1560. The molecule has 0 spiro atoms. The van der Waals surface area contributed by atoms with Gasteiger partial charge in [-0.15, -0.1) is 11.3 Å². The molecule has 6 nitrogen and oxygen atoms in total. The highest BCUT2D eigenvalue weighted by Gasteiger charge is 2.33. The molecular formula is C31H29ClN2O4S. The number of hydrogen-bond donors (Lipinski definition) is 2. The van der Waals surface area contributed by atoms with Crippen molar-refractivity contribution in [1.82, 2.24) is 0 Å². The fourth-order valence-electron chi connectivity index (χ4n) is 4.89. The summed E-state index contributed by atoms with van der Waals surface area (Å²) in [4.78, 5) is 30.9. The van der Waals surface area contributed by atoms with E-state index in [1.165, 1.54) is 17.0 Å². The maximum atomic E-state index is 13.5. The van der Waals surface area contributed by atoms with Crippen LogP contribution in [0.25, 0.3) is 11.3 Å². The number of thiophene rings is 1. The zero-order valence-electron chi connectivity index (χ0n) is 22.0. The van der Waals surface area contributed by atoms with Gasteiger partial charge in [-0.05, 0) is 78.6 Å². The van der Waals surface area contributed by atoms with Crippen molar-refractivity contribution in [2.24, 2.45) is 16.3 Å². The lowest BCUT2D eigenvalue weighted by Gasteiger charge is -2.33. The Balaban J connectivity index is 1.46. The second kappa shape index (κ2) is 10.8. The number of rotatable bonds is 6. The number of fused-ring (bicyclic) bond motifs is 1. The number of furan rings is 1. The third kappa shape index (κ3) is 5.84. The first-order chi connectivity index (χ1) is 18.6. The summed E-state index contributed by atoms with van der Waals surface area (Å²) in [6.07, 6.45) is 4.41. The van der Waals surface area contributed by atoms with Crippen LogP contribution in [-0.4, -0.2) is 23.2 Å². The summed E-state index contributed by atoms with van der Waals surface area (Å²) in [5, 5.41) is 13.2. The molecule has 0 radical (unpaired) electrons. The van der Waals surface area contributed by atoms with E-state index in [2.05, 4.69) is 26.1 Å². The second-order valence-electron chi connectivity index (χ2n) is 10.8. The van der Waals surface area contributed by atoms with Crippen LogP contribution < -0.4 is 5.32 Å². The summed E-state index contributed by atoms with van der Waals surface area (Å²) < 4.78 is 5.94. The number of carboxylic acid groups (broad SMARTS) is 1. The lowest BCUT2D eigenvalue weighted by molar-refractivity contribution is 0.0697. The molecule has 1 atom stereocenters. The van der Waals surface area contributed by atoms with Crippen molar-refractivity contribution in [1.29, 1.82) is 0 Å². The topological polar surface area (TPSA) is 91.9 Å². The van der Waals surface area contributed by atoms with E-state index >= 15 is 0 Å². The molecular weight excluding hydrogens is 532 g/mol. The number of halogens is 1. The van der Waals surface area contributed by atoms with Crippen LogP contribution in [0, 0.1) is 11.3 Å². The minimum Gasteiger partial charge on any atom is -0.478 e. The molecule has 0 saturated carbocycles. The quantitative estimate of drug-likeness (QED) is 0.231. The van der Waals surface area contributed by atoms with Crippen LogP contribution in [0.5, 0.6) is 0 Å². The number of carbonyl (C=O) groups excluding carboxylic acids is 1. The molecule has 1 aliphatic carbocycles. The van der Waals surface area contributed by atoms with Crippen molar-refractivity contribution in [3.8, 4) is 11.3 Å². The van der Waals surface area contributed by atoms with Crippen LogP contribution in [-0.2, 0) is 12.8 Å². The Hall–Kier alpha value is -3.68. The zero-order valence-corrected chi connectivity index (χ0v) is 23.5. The first-order valence-corrected chi connectivity index (χ1v) is 14.0. The van der Waals surface area contributed by atoms with Gasteiger partial charge in [0.2, 0.25) is 0 Å². The largest absolute Gasteiger partial charge is 0.478 e. The average molecular weight is 561 g/mol. The highest BCUT2D eigenvalue weighted by atomic mass is 35.5. The summed E-state index contributed by atoms with van der Waals surface area (Å²) in [6, 6.07) is 17.7. The maximum absolute atomic E-state index is 13.5. The van der Waals surface area contributed by atoms with Crippen LogP contribution in [0.2, 0.25) is 5.02 Å². The summed E-state index contributed by atoms with van der Waals surface area (Å²) in [7, 11) is 0. The Kier molecular flexibility index (Phi) is 7.47. The number of anilines is 1. The molecule has 2 aromatic heterocycles. The highest BCUT2D eigenvalue weighted by Crippen LogP contribution is 2.45. The smallest absolute Gasteiger partial charge is 0.337 e. The molecule has 1 amide bonds. The minimum atomic E-state index is -1.10. The van der Waals surface area contributed by atoms with Gasteiger partial charge in [0.1, 0.15) is 16.5 Å². The van der Waals surface area contributed by atoms with Crippen molar-refractivity contribution in [3.05, 3.63) is 93.0 Å². The number of hydrogen-bond acceptors (Lipinski definition) is 5. The van der Waals surface area contributed by atoms with E-state index in [1.807, 2.05) is 30.3 Å². The molecule has 39 heavy (non-hydrogen) atoms. The second-order valence-corrected chi connectivity index (χ2v) is 12.3. The van der Waals surface area contributed by atoms with Crippen molar-refractivity contribution in [2.45, 2.75) is 40.0 Å². The van der Waals surface area contributed by atoms with Gasteiger partial charge >= 0.3 is 5.97 Å². The molecule has 0 unspecified atom stereocenters. The fourth-order valence-corrected chi connectivity index (χ4v) is 6.36. The number of aromatic carboxylic acids is 1. The molecule has 1 aliphatic rings. The van der Waals surface area contributed by atoms with E-state index in [-0.39, 0.29) is 21.9 Å². The van der Waals surface area contributed by atoms with Crippen LogP contribution in [0.15, 0.2) is 70.1 Å². The van der Waals surface area contributed by atoms with E-state index in [0.717, 1.165) is 30.5 Å². The van der Waals surface area contributed by atoms with Crippen molar-refractivity contribution < 1.29 is 19.1 Å². The fraction of sp³-hybridized carbons (Fsp3) is 0.258. The van der Waals surface area contributed by atoms with E-state index < -0.39 is 5.97 Å². The van der Waals surface area contributed by atoms with Crippen molar-refractivity contribution in [2.75, 3.05) is 5.32 Å². The monoisotopic (exact) mass is 560 g/mol. The number of benzene rings is 2. The molecule has 2 N–H and O–H groups in total. The number of aliphatic imine (C=N–C) groups is 1. The standard InChI is InChI=1S/C31H29ClN2O4S/c1-31(2,3)19-10-12-22-26(16-19)39-29(27(22)28(35)34-20-7-5-4-6-8-20)33-17-21-11-14-25(38-21)18-9-13-24(32)23(15-18)30(36)37/h4-9,11,13-15,17,19H,10,12,16H2,1-3H3,(H,34,35)(H,36,37)/t19-/m1/s1. The van der Waals surface area contributed by atoms with Gasteiger partial charge in [-0.1, -0.05) is 50.6 Å². The van der Waals surface area contributed by atoms with Gasteiger partial charge in [0.25, 0.3) is 5.91 Å². The summed E-state index contributed by atoms with van der Waals surface area (Å²) in [5.74, 6) is 0.254. The SMILES string of the molecule is CC(C)(C)[C@@H]1CCc2c(sc(N=Cc3ccc(-c4ccc(Cl)c(C(=O)O)c4)o3)c2C(=O)Nc2ccccc2)C1. The van der Waals surface area contributed by atoms with Crippen molar-refractivity contribution in [3.63, 3.8) is 0 Å². The first kappa shape index (κ1) is 26.9. The average Bonchev–Trinajstić information content (AvgIpc) is 3.52. The van der Waals surface area contributed by atoms with Gasteiger partial charge in [-0.2, -0.15) is 0 Å². The molecule has 0 aliphatic heterocycles. The Labute approximate surface area is 236 Å². The molecule has 200 valence electrons. The van der Waals surface area contributed by atoms with Crippen molar-refractivity contribution >= 4 is 51.7 Å². The number of carboxylic acids is 1. The molecule has 5 rings (SSSR count). The van der Waals surface area contributed by atoms with Crippen LogP contribution >= 0.6 is 22.9 Å². The molecule has 0 saturated heterocycles. The predicted molar refractivity (Wildman–Crippen MR) is 157 cm³/mol. The summed E-state index contributed by atoms with van der Waals surface area (Å²) >= 11 is 7.58. The summed E-state index contributed by atoms with van der Waals surface area (Å²) in [5.41, 5.74) is 3.23. The lowest BCUT2D eigenvalue weighted by atomic mass is 9.72. The Morgan fingerprint density at radius 3 is 2.62 bits per heavy atom. The normalized spacial score (nSPS) is 15.3. The van der Waals surface area contributed by atoms with E-state index in [1.54, 1.807) is 35.8 Å². The van der Waals surface area contributed by atoms with Gasteiger partial charge in [-0.25, -0.2) is 9.79 Å². The number of carbonyl (C=O) groups is 2. The van der Waals surface area contributed by atoms with Gasteiger partial charge in [0.15, 0.2) is 0 Å². The van der Waals surface area contributed by atoms with Gasteiger partial charge in [-0.3, -0.25) is 4.79 Å². The van der Waals surface area contributed by atoms with Crippen LogP contribution in [0.4, 0.5) is 10.7 Å². The molecule has 4 aromatic rings. The van der Waals surface area contributed by atoms with Crippen LogP contribution in [0.3, 0.4) is 0 Å². The molecule has 0 fully saturated rings. The first-order valence-electron chi connectivity index (χ1n) is 12.8. The number of nitrogens with one attached hydrogen (secondary N) is 1. The number of para-hydroxylation sites is 1. The van der Waals surface area contributed by atoms with Crippen LogP contribution in [0.1, 0.15) is 64.1 Å². The third-order valence-electron chi connectivity index (χ3n) is 7.15. The van der Waals surface area contributed by atoms with E-state index in [0.29, 0.717) is 33.6 Å². The van der Waals surface area contributed by atoms with Gasteiger partial charge < -0.3 is 14.8 Å². The third-order valence-corrected chi connectivity index (χ3v) is 8.64. The highest BCUT2D eigenvalue weighted by molar-refractivity contribution is 7.16. The maximum Gasteiger partial charge on any atom is 0.337 e. The Morgan fingerprint density at radius 1 is 1.13 bits per heavy atom. The molecule has 2 aromatic carbocycles. The van der Waals surface area contributed by atoms with E-state index in [9.17, 15) is 14.7 Å². The molecule has 2 heterocycles. The Morgan fingerprint density at radius 2 is 1.90 bits per heavy atom. The summed E-state index contributed by atoms with van der Waals surface area (Å²) in [6.45, 7) is 6.81. The van der Waals surface area contributed by atoms with E-state index in [4.69, 9.17) is 21.0 Å². The number of amides is 1. The minimum absolute atomic E-state index is 0.00702. The van der Waals surface area contributed by atoms with Gasteiger partial charge in [0, 0.05) is 16.1 Å². The number of nitrogens with zero attached hydrogens (tertiary/aromatic N) is 1. The molecule has 8 heteroatoms. The molecule has 0 bridgehead atoms. The van der Waals surface area contributed by atoms with Gasteiger partial charge in [0.05, 0.1) is 22.4 Å². The predicted octanol–water partition coefficient (Wildman–Crippen LogP) is 8.51.